The highest BCUT2D eigenvalue weighted by atomic mass is 32.1. The van der Waals surface area contributed by atoms with Crippen molar-refractivity contribution in [3.8, 4) is 5.75 Å². The summed E-state index contributed by atoms with van der Waals surface area (Å²) in [6.07, 6.45) is 0. The molecule has 0 aliphatic carbocycles. The number of benzene rings is 2. The Hall–Kier alpha value is -3.13. The maximum Gasteiger partial charge on any atom is 0.255 e. The van der Waals surface area contributed by atoms with E-state index in [0.717, 1.165) is 15.8 Å². The smallest absolute Gasteiger partial charge is 0.255 e. The van der Waals surface area contributed by atoms with Crippen LogP contribution in [0, 0.1) is 5.92 Å². The third-order valence-corrected chi connectivity index (χ3v) is 5.46. The number of thiazole rings is 1. The van der Waals surface area contributed by atoms with Gasteiger partial charge in [-0.2, -0.15) is 0 Å². The molecule has 0 aliphatic heterocycles. The van der Waals surface area contributed by atoms with Crippen molar-refractivity contribution in [1.29, 1.82) is 0 Å². The summed E-state index contributed by atoms with van der Waals surface area (Å²) in [6, 6.07) is 10.6. The van der Waals surface area contributed by atoms with Gasteiger partial charge in [0.25, 0.3) is 5.91 Å². The standard InChI is InChI=1S/C22H26N4O3S/c1-5-29-18-8-7-15(25-20(27)12(2)3)11-16(18)21(28)24-13(4)14-6-9-19-17(10-14)26-22(23)30-19/h6-13H,5H2,1-4H3,(H2,23,26)(H,24,28)(H,25,27). The van der Waals surface area contributed by atoms with Crippen LogP contribution in [0.4, 0.5) is 10.8 Å². The van der Waals surface area contributed by atoms with Gasteiger partial charge in [-0.1, -0.05) is 31.3 Å². The molecular weight excluding hydrogens is 400 g/mol. The van der Waals surface area contributed by atoms with E-state index in [1.165, 1.54) is 11.3 Å². The molecule has 0 fully saturated rings. The van der Waals surface area contributed by atoms with Crippen molar-refractivity contribution in [3.63, 3.8) is 0 Å². The van der Waals surface area contributed by atoms with E-state index in [0.29, 0.717) is 28.7 Å². The first kappa shape index (κ1) is 21.6. The molecule has 4 N–H and O–H groups in total. The fourth-order valence-electron chi connectivity index (χ4n) is 2.94. The highest BCUT2D eigenvalue weighted by Gasteiger charge is 2.18. The highest BCUT2D eigenvalue weighted by Crippen LogP contribution is 2.28. The summed E-state index contributed by atoms with van der Waals surface area (Å²) < 4.78 is 6.62. The quantitative estimate of drug-likeness (QED) is 0.520. The Balaban J connectivity index is 1.83. The van der Waals surface area contributed by atoms with Crippen LogP contribution < -0.4 is 21.1 Å². The molecule has 7 nitrogen and oxygen atoms in total. The first-order valence-electron chi connectivity index (χ1n) is 9.83. The van der Waals surface area contributed by atoms with Crippen LogP contribution in [0.5, 0.6) is 5.75 Å². The molecular formula is C22H26N4O3S. The molecule has 1 heterocycles. The van der Waals surface area contributed by atoms with E-state index >= 15 is 0 Å². The Morgan fingerprint density at radius 2 is 1.93 bits per heavy atom. The van der Waals surface area contributed by atoms with Gasteiger partial charge in [0.1, 0.15) is 5.75 Å². The Morgan fingerprint density at radius 1 is 1.17 bits per heavy atom. The number of ether oxygens (including phenoxy) is 1. The lowest BCUT2D eigenvalue weighted by molar-refractivity contribution is -0.118. The summed E-state index contributed by atoms with van der Waals surface area (Å²) in [5.41, 5.74) is 8.42. The number of fused-ring (bicyclic) bond motifs is 1. The average molecular weight is 427 g/mol. The molecule has 2 amide bonds. The minimum Gasteiger partial charge on any atom is -0.493 e. The second kappa shape index (κ2) is 9.13. The first-order chi connectivity index (χ1) is 14.3. The van der Waals surface area contributed by atoms with Gasteiger partial charge in [-0.25, -0.2) is 4.98 Å². The maximum absolute atomic E-state index is 13.0. The zero-order valence-electron chi connectivity index (χ0n) is 17.5. The summed E-state index contributed by atoms with van der Waals surface area (Å²) in [6.45, 7) is 7.81. The van der Waals surface area contributed by atoms with Crippen LogP contribution in [0.25, 0.3) is 10.2 Å². The fraction of sp³-hybridized carbons (Fsp3) is 0.318. The second-order valence-corrected chi connectivity index (χ2v) is 8.32. The van der Waals surface area contributed by atoms with Gasteiger partial charge < -0.3 is 21.1 Å². The lowest BCUT2D eigenvalue weighted by Crippen LogP contribution is -2.27. The number of nitrogens with zero attached hydrogens (tertiary/aromatic N) is 1. The number of anilines is 2. The number of amides is 2. The first-order valence-corrected chi connectivity index (χ1v) is 10.6. The van der Waals surface area contributed by atoms with Crippen LogP contribution in [0.2, 0.25) is 0 Å². The van der Waals surface area contributed by atoms with Gasteiger partial charge in [0.05, 0.1) is 28.4 Å². The van der Waals surface area contributed by atoms with E-state index in [9.17, 15) is 9.59 Å². The van der Waals surface area contributed by atoms with Gasteiger partial charge >= 0.3 is 0 Å². The number of carbonyl (C=O) groups excluding carboxylic acids is 2. The number of hydrogen-bond donors (Lipinski definition) is 3. The molecule has 0 spiro atoms. The number of nitrogen functional groups attached to an aromatic ring is 1. The van der Waals surface area contributed by atoms with Crippen molar-refractivity contribution in [3.05, 3.63) is 47.5 Å². The van der Waals surface area contributed by atoms with Crippen LogP contribution >= 0.6 is 11.3 Å². The van der Waals surface area contributed by atoms with Gasteiger partial charge in [0, 0.05) is 11.6 Å². The van der Waals surface area contributed by atoms with Gasteiger partial charge in [0.2, 0.25) is 5.91 Å². The van der Waals surface area contributed by atoms with Crippen molar-refractivity contribution in [1.82, 2.24) is 10.3 Å². The Kier molecular flexibility index (Phi) is 6.56. The lowest BCUT2D eigenvalue weighted by atomic mass is 10.1. The minimum absolute atomic E-state index is 0.116. The van der Waals surface area contributed by atoms with Gasteiger partial charge in [0.15, 0.2) is 5.13 Å². The number of nitrogens with one attached hydrogen (secondary N) is 2. The molecule has 1 aromatic heterocycles. The van der Waals surface area contributed by atoms with Crippen LogP contribution in [-0.4, -0.2) is 23.4 Å². The van der Waals surface area contributed by atoms with Crippen molar-refractivity contribution in [2.75, 3.05) is 17.7 Å². The van der Waals surface area contributed by atoms with Crippen LogP contribution in [0.15, 0.2) is 36.4 Å². The number of carbonyl (C=O) groups is 2. The monoisotopic (exact) mass is 426 g/mol. The zero-order chi connectivity index (χ0) is 21.8. The molecule has 0 saturated carbocycles. The average Bonchev–Trinajstić information content (AvgIpc) is 3.08. The van der Waals surface area contributed by atoms with Crippen LogP contribution in [-0.2, 0) is 4.79 Å². The molecule has 30 heavy (non-hydrogen) atoms. The summed E-state index contributed by atoms with van der Waals surface area (Å²) in [5, 5.41) is 6.33. The molecule has 3 rings (SSSR count). The molecule has 1 atom stereocenters. The van der Waals surface area contributed by atoms with E-state index in [1.807, 2.05) is 45.9 Å². The summed E-state index contributed by atoms with van der Waals surface area (Å²) in [4.78, 5) is 29.4. The second-order valence-electron chi connectivity index (χ2n) is 7.26. The predicted octanol–water partition coefficient (Wildman–Crippen LogP) is 4.36. The number of hydrogen-bond acceptors (Lipinski definition) is 6. The third-order valence-electron chi connectivity index (χ3n) is 4.59. The fourth-order valence-corrected chi connectivity index (χ4v) is 3.66. The number of rotatable bonds is 7. The molecule has 158 valence electrons. The van der Waals surface area contributed by atoms with Crippen molar-refractivity contribution >= 4 is 44.2 Å². The topological polar surface area (TPSA) is 106 Å². The summed E-state index contributed by atoms with van der Waals surface area (Å²) in [5.74, 6) is -0.102. The van der Waals surface area contributed by atoms with E-state index in [-0.39, 0.29) is 23.8 Å². The number of nitrogens with two attached hydrogens (primary N) is 1. The molecule has 3 aromatic rings. The maximum atomic E-state index is 13.0. The van der Waals surface area contributed by atoms with Crippen molar-refractivity contribution in [2.24, 2.45) is 5.92 Å². The van der Waals surface area contributed by atoms with Crippen molar-refractivity contribution in [2.45, 2.75) is 33.7 Å². The van der Waals surface area contributed by atoms with E-state index < -0.39 is 0 Å². The normalized spacial score (nSPS) is 12.0. The molecule has 0 bridgehead atoms. The van der Waals surface area contributed by atoms with E-state index in [4.69, 9.17) is 10.5 Å². The van der Waals surface area contributed by atoms with Crippen molar-refractivity contribution < 1.29 is 14.3 Å². The Morgan fingerprint density at radius 3 is 2.63 bits per heavy atom. The van der Waals surface area contributed by atoms with E-state index in [2.05, 4.69) is 15.6 Å². The summed E-state index contributed by atoms with van der Waals surface area (Å²) in [7, 11) is 0. The molecule has 1 unspecified atom stereocenters. The summed E-state index contributed by atoms with van der Waals surface area (Å²) >= 11 is 1.43. The largest absolute Gasteiger partial charge is 0.493 e. The Bertz CT molecular complexity index is 1080. The predicted molar refractivity (Wildman–Crippen MR) is 121 cm³/mol. The van der Waals surface area contributed by atoms with Gasteiger partial charge in [-0.05, 0) is 49.7 Å². The minimum atomic E-state index is -0.288. The van der Waals surface area contributed by atoms with Gasteiger partial charge in [-0.3, -0.25) is 9.59 Å². The lowest BCUT2D eigenvalue weighted by Gasteiger charge is -2.17. The molecule has 0 radical (unpaired) electrons. The highest BCUT2D eigenvalue weighted by molar-refractivity contribution is 7.22. The molecule has 8 heteroatoms. The SMILES string of the molecule is CCOc1ccc(NC(=O)C(C)C)cc1C(=O)NC(C)c1ccc2sc(N)nc2c1. The van der Waals surface area contributed by atoms with E-state index in [1.54, 1.807) is 18.2 Å². The molecule has 0 saturated heterocycles. The van der Waals surface area contributed by atoms with Crippen LogP contribution in [0.3, 0.4) is 0 Å². The van der Waals surface area contributed by atoms with Gasteiger partial charge in [-0.15, -0.1) is 0 Å². The zero-order valence-corrected chi connectivity index (χ0v) is 18.3. The third kappa shape index (κ3) is 4.88. The molecule has 2 aromatic carbocycles. The number of aromatic nitrogens is 1. The Labute approximate surface area is 179 Å². The molecule has 0 aliphatic rings. The van der Waals surface area contributed by atoms with Crippen LogP contribution in [0.1, 0.15) is 49.7 Å².